The van der Waals surface area contributed by atoms with E-state index in [4.69, 9.17) is 16.1 Å². The van der Waals surface area contributed by atoms with Crippen LogP contribution in [0.2, 0.25) is 5.02 Å². The zero-order chi connectivity index (χ0) is 17.9. The number of phenols is 1. The average molecular weight is 387 g/mol. The van der Waals surface area contributed by atoms with Crippen LogP contribution in [0.1, 0.15) is 5.89 Å². The number of tetrazole rings is 1. The van der Waals surface area contributed by atoms with Crippen molar-refractivity contribution >= 4 is 23.4 Å². The molecule has 0 saturated heterocycles. The van der Waals surface area contributed by atoms with E-state index in [9.17, 15) is 5.11 Å². The molecule has 2 heterocycles. The fourth-order valence-corrected chi connectivity index (χ4v) is 3.13. The molecular formula is C16H11ClN6O2S. The molecule has 0 atom stereocenters. The van der Waals surface area contributed by atoms with Crippen LogP contribution in [0.4, 0.5) is 0 Å². The van der Waals surface area contributed by atoms with E-state index in [0.717, 1.165) is 11.3 Å². The normalized spacial score (nSPS) is 11.0. The molecule has 10 heteroatoms. The third kappa shape index (κ3) is 3.53. The smallest absolute Gasteiger partial charge is 0.237 e. The second kappa shape index (κ2) is 7.14. The Morgan fingerprint density at radius 2 is 2.00 bits per heavy atom. The Kier molecular flexibility index (Phi) is 4.55. The molecule has 0 radical (unpaired) electrons. The van der Waals surface area contributed by atoms with E-state index in [1.165, 1.54) is 11.8 Å². The number of thioether (sulfide) groups is 1. The first kappa shape index (κ1) is 16.6. The van der Waals surface area contributed by atoms with Gasteiger partial charge in [-0.1, -0.05) is 40.7 Å². The third-order valence-corrected chi connectivity index (χ3v) is 4.55. The van der Waals surface area contributed by atoms with Gasteiger partial charge in [0.2, 0.25) is 16.9 Å². The maximum Gasteiger partial charge on any atom is 0.237 e. The highest BCUT2D eigenvalue weighted by Gasteiger charge is 2.13. The molecule has 8 nitrogen and oxygen atoms in total. The van der Waals surface area contributed by atoms with Gasteiger partial charge in [-0.25, -0.2) is 0 Å². The van der Waals surface area contributed by atoms with Crippen LogP contribution in [-0.2, 0) is 5.75 Å². The highest BCUT2D eigenvalue weighted by molar-refractivity contribution is 7.98. The summed E-state index contributed by atoms with van der Waals surface area (Å²) in [6, 6.07) is 13.8. The molecule has 0 bridgehead atoms. The number of rotatable bonds is 5. The van der Waals surface area contributed by atoms with Crippen molar-refractivity contribution in [3.05, 3.63) is 59.4 Å². The molecule has 26 heavy (non-hydrogen) atoms. The van der Waals surface area contributed by atoms with Crippen LogP contribution < -0.4 is 0 Å². The zero-order valence-corrected chi connectivity index (χ0v) is 14.7. The van der Waals surface area contributed by atoms with E-state index in [-0.39, 0.29) is 5.75 Å². The SMILES string of the molecule is Oc1ccc(-n2nnnc2SCc2nc(-c3cccc(Cl)c3)no2)cc1. The van der Waals surface area contributed by atoms with Crippen LogP contribution in [-0.4, -0.2) is 35.5 Å². The van der Waals surface area contributed by atoms with Gasteiger partial charge in [0.1, 0.15) is 5.75 Å². The Hall–Kier alpha value is -2.91. The highest BCUT2D eigenvalue weighted by atomic mass is 35.5. The predicted octanol–water partition coefficient (Wildman–Crippen LogP) is 3.36. The van der Waals surface area contributed by atoms with Crippen LogP contribution in [0, 0.1) is 0 Å². The Bertz CT molecular complexity index is 1030. The molecule has 2 aromatic carbocycles. The maximum atomic E-state index is 9.39. The summed E-state index contributed by atoms with van der Waals surface area (Å²) in [5.74, 6) is 1.51. The van der Waals surface area contributed by atoms with Crippen molar-refractivity contribution < 1.29 is 9.63 Å². The molecule has 0 fully saturated rings. The molecule has 0 spiro atoms. The van der Waals surface area contributed by atoms with Crippen molar-refractivity contribution in [1.29, 1.82) is 0 Å². The van der Waals surface area contributed by atoms with Gasteiger partial charge < -0.3 is 9.63 Å². The van der Waals surface area contributed by atoms with Gasteiger partial charge in [-0.05, 0) is 46.8 Å². The van der Waals surface area contributed by atoms with Crippen LogP contribution in [0.5, 0.6) is 5.75 Å². The van der Waals surface area contributed by atoms with Gasteiger partial charge in [-0.3, -0.25) is 0 Å². The standard InChI is InChI=1S/C16H11ClN6O2S/c17-11-3-1-2-10(8-11)15-18-14(25-20-15)9-26-16-19-21-22-23(16)12-4-6-13(24)7-5-12/h1-8,24H,9H2. The topological polar surface area (TPSA) is 103 Å². The molecule has 2 aromatic heterocycles. The van der Waals surface area contributed by atoms with Crippen molar-refractivity contribution in [3.8, 4) is 22.8 Å². The molecule has 0 saturated carbocycles. The van der Waals surface area contributed by atoms with Gasteiger partial charge in [0, 0.05) is 10.6 Å². The molecule has 0 amide bonds. The Morgan fingerprint density at radius 1 is 1.15 bits per heavy atom. The van der Waals surface area contributed by atoms with Crippen LogP contribution in [0.15, 0.2) is 58.2 Å². The fourth-order valence-electron chi connectivity index (χ4n) is 2.21. The van der Waals surface area contributed by atoms with Gasteiger partial charge in [0.25, 0.3) is 0 Å². The summed E-state index contributed by atoms with van der Waals surface area (Å²) in [7, 11) is 0. The highest BCUT2D eigenvalue weighted by Crippen LogP contribution is 2.25. The van der Waals surface area contributed by atoms with Gasteiger partial charge >= 0.3 is 0 Å². The number of benzene rings is 2. The molecule has 130 valence electrons. The van der Waals surface area contributed by atoms with E-state index in [0.29, 0.717) is 27.6 Å². The van der Waals surface area contributed by atoms with E-state index >= 15 is 0 Å². The number of phenolic OH excluding ortho intramolecular Hbond substituents is 1. The summed E-state index contributed by atoms with van der Waals surface area (Å²) in [6.45, 7) is 0. The number of halogens is 1. The van der Waals surface area contributed by atoms with Crippen molar-refractivity contribution in [3.63, 3.8) is 0 Å². The molecule has 0 aliphatic rings. The summed E-state index contributed by atoms with van der Waals surface area (Å²) >= 11 is 7.34. The third-order valence-electron chi connectivity index (χ3n) is 3.41. The van der Waals surface area contributed by atoms with Crippen molar-refractivity contribution in [2.45, 2.75) is 10.9 Å². The molecule has 4 rings (SSSR count). The van der Waals surface area contributed by atoms with Gasteiger partial charge in [0.15, 0.2) is 0 Å². The Labute approximate surface area is 156 Å². The summed E-state index contributed by atoms with van der Waals surface area (Å²) in [5.41, 5.74) is 1.52. The number of nitrogens with zero attached hydrogens (tertiary/aromatic N) is 6. The van der Waals surface area contributed by atoms with Gasteiger partial charge in [-0.2, -0.15) is 9.67 Å². The van der Waals surface area contributed by atoms with Gasteiger partial charge in [0.05, 0.1) is 11.4 Å². The summed E-state index contributed by atoms with van der Waals surface area (Å²) in [4.78, 5) is 4.37. The van der Waals surface area contributed by atoms with Gasteiger partial charge in [-0.15, -0.1) is 5.10 Å². The molecular weight excluding hydrogens is 376 g/mol. The molecule has 0 aliphatic heterocycles. The number of hydrogen-bond acceptors (Lipinski definition) is 8. The van der Waals surface area contributed by atoms with E-state index in [2.05, 4.69) is 25.7 Å². The minimum atomic E-state index is 0.176. The fraction of sp³-hybridized carbons (Fsp3) is 0.0625. The molecule has 0 unspecified atom stereocenters. The summed E-state index contributed by atoms with van der Waals surface area (Å²) < 4.78 is 6.85. The molecule has 1 N–H and O–H groups in total. The second-order valence-corrected chi connectivity index (χ2v) is 6.58. The Balaban J connectivity index is 1.49. The van der Waals surface area contributed by atoms with Crippen LogP contribution >= 0.6 is 23.4 Å². The largest absolute Gasteiger partial charge is 0.508 e. The Morgan fingerprint density at radius 3 is 2.81 bits per heavy atom. The van der Waals surface area contributed by atoms with Crippen LogP contribution in [0.3, 0.4) is 0 Å². The number of hydrogen-bond donors (Lipinski definition) is 1. The first-order valence-corrected chi connectivity index (χ1v) is 8.84. The number of aromatic nitrogens is 6. The number of aromatic hydroxyl groups is 1. The quantitative estimate of drug-likeness (QED) is 0.521. The summed E-state index contributed by atoms with van der Waals surface area (Å²) in [5, 5.41) is 26.2. The van der Waals surface area contributed by atoms with E-state index in [1.54, 1.807) is 41.1 Å². The minimum absolute atomic E-state index is 0.176. The van der Waals surface area contributed by atoms with E-state index in [1.807, 2.05) is 12.1 Å². The van der Waals surface area contributed by atoms with Crippen molar-refractivity contribution in [1.82, 2.24) is 30.3 Å². The lowest BCUT2D eigenvalue weighted by molar-refractivity contribution is 0.391. The first-order chi connectivity index (χ1) is 12.7. The molecule has 4 aromatic rings. The second-order valence-electron chi connectivity index (χ2n) is 5.20. The lowest BCUT2D eigenvalue weighted by Gasteiger charge is -2.02. The average Bonchev–Trinajstić information content (AvgIpc) is 3.30. The first-order valence-electron chi connectivity index (χ1n) is 7.48. The van der Waals surface area contributed by atoms with Crippen molar-refractivity contribution in [2.24, 2.45) is 0 Å². The van der Waals surface area contributed by atoms with Crippen molar-refractivity contribution in [2.75, 3.05) is 0 Å². The minimum Gasteiger partial charge on any atom is -0.508 e. The lowest BCUT2D eigenvalue weighted by Crippen LogP contribution is -1.98. The molecule has 0 aliphatic carbocycles. The lowest BCUT2D eigenvalue weighted by atomic mass is 10.2. The zero-order valence-electron chi connectivity index (χ0n) is 13.2. The van der Waals surface area contributed by atoms with E-state index < -0.39 is 0 Å². The maximum absolute atomic E-state index is 9.39. The monoisotopic (exact) mass is 386 g/mol. The van der Waals surface area contributed by atoms with Crippen LogP contribution in [0.25, 0.3) is 17.1 Å². The predicted molar refractivity (Wildman–Crippen MR) is 95.1 cm³/mol. The summed E-state index contributed by atoms with van der Waals surface area (Å²) in [6.07, 6.45) is 0.